The molecule has 0 spiro atoms. The zero-order chi connectivity index (χ0) is 20.8. The molecule has 1 heterocycles. The number of ether oxygens (including phenoxy) is 1. The van der Waals surface area contributed by atoms with Crippen LogP contribution in [0.1, 0.15) is 23.2 Å². The van der Waals surface area contributed by atoms with Crippen LogP contribution < -0.4 is 10.1 Å². The Morgan fingerprint density at radius 2 is 1.83 bits per heavy atom. The number of carbonyl (C=O) groups is 2. The molecule has 29 heavy (non-hydrogen) atoms. The number of nitriles is 1. The van der Waals surface area contributed by atoms with Gasteiger partial charge in [0.05, 0.1) is 5.56 Å². The number of benzene rings is 2. The molecule has 0 radical (unpaired) electrons. The number of piperidine rings is 1. The Kier molecular flexibility index (Phi) is 6.39. The van der Waals surface area contributed by atoms with Gasteiger partial charge in [0.15, 0.2) is 6.61 Å². The van der Waals surface area contributed by atoms with E-state index in [-0.39, 0.29) is 24.0 Å². The Bertz CT molecular complexity index is 933. The van der Waals surface area contributed by atoms with Crippen LogP contribution in [0.15, 0.2) is 42.5 Å². The van der Waals surface area contributed by atoms with Gasteiger partial charge in [-0.15, -0.1) is 0 Å². The Labute approximate surface area is 166 Å². The number of halogens is 2. The van der Waals surface area contributed by atoms with Crippen LogP contribution in [0.3, 0.4) is 0 Å². The van der Waals surface area contributed by atoms with Crippen LogP contribution in [0.4, 0.5) is 14.5 Å². The van der Waals surface area contributed by atoms with Crippen molar-refractivity contribution in [2.45, 2.75) is 12.8 Å². The quantitative estimate of drug-likeness (QED) is 0.836. The van der Waals surface area contributed by atoms with Gasteiger partial charge < -0.3 is 15.0 Å². The van der Waals surface area contributed by atoms with E-state index in [1.165, 1.54) is 4.90 Å². The molecule has 2 aromatic carbocycles. The summed E-state index contributed by atoms with van der Waals surface area (Å²) >= 11 is 0. The topological polar surface area (TPSA) is 82.4 Å². The Hall–Kier alpha value is -3.47. The first-order valence-electron chi connectivity index (χ1n) is 9.13. The molecule has 0 saturated carbocycles. The molecule has 0 unspecified atom stereocenters. The summed E-state index contributed by atoms with van der Waals surface area (Å²) < 4.78 is 32.0. The van der Waals surface area contributed by atoms with Crippen LogP contribution in [0.25, 0.3) is 0 Å². The fourth-order valence-corrected chi connectivity index (χ4v) is 3.17. The lowest BCUT2D eigenvalue weighted by molar-refractivity contribution is -0.121. The highest BCUT2D eigenvalue weighted by Gasteiger charge is 2.29. The average molecular weight is 399 g/mol. The molecule has 0 bridgehead atoms. The fraction of sp³-hybridized carbons (Fsp3) is 0.286. The number of amides is 2. The maximum absolute atomic E-state index is 13.8. The number of hydrogen-bond donors (Lipinski definition) is 1. The molecular weight excluding hydrogens is 380 g/mol. The number of likely N-dealkylation sites (tertiary alicyclic amines) is 1. The summed E-state index contributed by atoms with van der Waals surface area (Å²) in [5, 5.41) is 11.3. The Morgan fingerprint density at radius 3 is 2.45 bits per heavy atom. The van der Waals surface area contributed by atoms with Crippen molar-refractivity contribution in [2.75, 3.05) is 25.0 Å². The molecule has 1 saturated heterocycles. The number of nitrogens with one attached hydrogen (secondary N) is 1. The van der Waals surface area contributed by atoms with Crippen LogP contribution in [0.5, 0.6) is 5.75 Å². The van der Waals surface area contributed by atoms with Gasteiger partial charge in [0, 0.05) is 30.8 Å². The van der Waals surface area contributed by atoms with E-state index >= 15 is 0 Å². The number of rotatable bonds is 5. The van der Waals surface area contributed by atoms with E-state index in [0.29, 0.717) is 43.4 Å². The van der Waals surface area contributed by atoms with E-state index in [1.54, 1.807) is 24.3 Å². The third-order valence-corrected chi connectivity index (χ3v) is 4.74. The van der Waals surface area contributed by atoms with Gasteiger partial charge in [0.25, 0.3) is 5.91 Å². The molecule has 0 aromatic heterocycles. The molecule has 1 aliphatic heterocycles. The lowest BCUT2D eigenvalue weighted by atomic mass is 9.95. The Morgan fingerprint density at radius 1 is 1.14 bits per heavy atom. The lowest BCUT2D eigenvalue weighted by Crippen LogP contribution is -2.41. The van der Waals surface area contributed by atoms with Crippen molar-refractivity contribution >= 4 is 17.5 Å². The molecule has 1 fully saturated rings. The van der Waals surface area contributed by atoms with Crippen LogP contribution >= 0.6 is 0 Å². The SMILES string of the molecule is N#CCOc1ccc(NC(=O)C2CCN(C(=O)c3ccc(F)cc3F)CC2)cc1. The second kappa shape index (κ2) is 9.15. The van der Waals surface area contributed by atoms with Crippen molar-refractivity contribution in [3.63, 3.8) is 0 Å². The van der Waals surface area contributed by atoms with Crippen LogP contribution in [0.2, 0.25) is 0 Å². The predicted octanol–water partition coefficient (Wildman–Crippen LogP) is 3.36. The summed E-state index contributed by atoms with van der Waals surface area (Å²) in [6.07, 6.45) is 0.896. The van der Waals surface area contributed by atoms with Gasteiger partial charge in [0.2, 0.25) is 5.91 Å². The van der Waals surface area contributed by atoms with Crippen LogP contribution in [0, 0.1) is 28.9 Å². The Balaban J connectivity index is 1.52. The van der Waals surface area contributed by atoms with E-state index in [1.807, 2.05) is 6.07 Å². The van der Waals surface area contributed by atoms with Gasteiger partial charge in [0.1, 0.15) is 23.5 Å². The van der Waals surface area contributed by atoms with E-state index < -0.39 is 17.5 Å². The van der Waals surface area contributed by atoms with E-state index in [2.05, 4.69) is 5.32 Å². The summed E-state index contributed by atoms with van der Waals surface area (Å²) in [5.41, 5.74) is 0.430. The lowest BCUT2D eigenvalue weighted by Gasteiger charge is -2.31. The molecule has 6 nitrogen and oxygen atoms in total. The number of nitrogens with zero attached hydrogens (tertiary/aromatic N) is 2. The van der Waals surface area contributed by atoms with Gasteiger partial charge >= 0.3 is 0 Å². The molecule has 0 atom stereocenters. The standard InChI is InChI=1S/C21H19F2N3O3/c22-15-1-6-18(19(23)13-15)21(28)26-10-7-14(8-11-26)20(27)25-16-2-4-17(5-3-16)29-12-9-24/h1-6,13-14H,7-8,10-12H2,(H,25,27). The largest absolute Gasteiger partial charge is 0.479 e. The maximum atomic E-state index is 13.8. The second-order valence-electron chi connectivity index (χ2n) is 6.65. The minimum Gasteiger partial charge on any atom is -0.479 e. The van der Waals surface area contributed by atoms with Crippen LogP contribution in [-0.4, -0.2) is 36.4 Å². The average Bonchev–Trinajstić information content (AvgIpc) is 2.73. The minimum atomic E-state index is -0.892. The zero-order valence-corrected chi connectivity index (χ0v) is 15.5. The van der Waals surface area contributed by atoms with E-state index in [4.69, 9.17) is 10.00 Å². The van der Waals surface area contributed by atoms with Crippen molar-refractivity contribution in [1.82, 2.24) is 4.90 Å². The number of hydrogen-bond acceptors (Lipinski definition) is 4. The predicted molar refractivity (Wildman–Crippen MR) is 101 cm³/mol. The van der Waals surface area contributed by atoms with E-state index in [9.17, 15) is 18.4 Å². The van der Waals surface area contributed by atoms with Gasteiger partial charge in [-0.25, -0.2) is 8.78 Å². The smallest absolute Gasteiger partial charge is 0.256 e. The van der Waals surface area contributed by atoms with Gasteiger partial charge in [-0.3, -0.25) is 9.59 Å². The first-order chi connectivity index (χ1) is 14.0. The van der Waals surface area contributed by atoms with Crippen molar-refractivity contribution in [3.05, 3.63) is 59.7 Å². The van der Waals surface area contributed by atoms with Gasteiger partial charge in [-0.1, -0.05) is 0 Å². The third-order valence-electron chi connectivity index (χ3n) is 4.74. The fourth-order valence-electron chi connectivity index (χ4n) is 3.17. The maximum Gasteiger partial charge on any atom is 0.256 e. The number of anilines is 1. The van der Waals surface area contributed by atoms with Crippen LogP contribution in [-0.2, 0) is 4.79 Å². The molecule has 150 valence electrons. The summed E-state index contributed by atoms with van der Waals surface area (Å²) in [6, 6.07) is 11.4. The highest BCUT2D eigenvalue weighted by Crippen LogP contribution is 2.23. The second-order valence-corrected chi connectivity index (χ2v) is 6.65. The molecule has 2 aromatic rings. The third kappa shape index (κ3) is 5.08. The summed E-state index contributed by atoms with van der Waals surface area (Å²) in [5.74, 6) is -2.03. The number of carbonyl (C=O) groups excluding carboxylic acids is 2. The highest BCUT2D eigenvalue weighted by atomic mass is 19.1. The molecule has 3 rings (SSSR count). The monoisotopic (exact) mass is 399 g/mol. The van der Waals surface area contributed by atoms with Gasteiger partial charge in [-0.05, 0) is 49.2 Å². The van der Waals surface area contributed by atoms with Crippen molar-refractivity contribution < 1.29 is 23.1 Å². The van der Waals surface area contributed by atoms with Crippen molar-refractivity contribution in [2.24, 2.45) is 5.92 Å². The summed E-state index contributed by atoms with van der Waals surface area (Å²) in [4.78, 5) is 26.4. The first-order valence-corrected chi connectivity index (χ1v) is 9.13. The molecule has 1 aliphatic rings. The van der Waals surface area contributed by atoms with Crippen molar-refractivity contribution in [1.29, 1.82) is 5.26 Å². The van der Waals surface area contributed by atoms with Gasteiger partial charge in [-0.2, -0.15) is 5.26 Å². The molecular formula is C21H19F2N3O3. The molecule has 8 heteroatoms. The summed E-state index contributed by atoms with van der Waals surface area (Å²) in [6.45, 7) is 0.578. The van der Waals surface area contributed by atoms with Crippen molar-refractivity contribution in [3.8, 4) is 11.8 Å². The zero-order valence-electron chi connectivity index (χ0n) is 15.5. The highest BCUT2D eigenvalue weighted by molar-refractivity contribution is 5.95. The molecule has 1 N–H and O–H groups in total. The molecule has 2 amide bonds. The molecule has 0 aliphatic carbocycles. The minimum absolute atomic E-state index is 0.0508. The normalized spacial score (nSPS) is 14.2. The first kappa shape index (κ1) is 20.3. The summed E-state index contributed by atoms with van der Waals surface area (Å²) in [7, 11) is 0. The van der Waals surface area contributed by atoms with E-state index in [0.717, 1.165) is 12.1 Å².